The van der Waals surface area contributed by atoms with Crippen LogP contribution in [0.4, 0.5) is 0 Å². The molecule has 0 N–H and O–H groups in total. The average molecular weight is 386 g/mol. The molecule has 0 radical (unpaired) electrons. The highest BCUT2D eigenvalue weighted by Crippen LogP contribution is 2.69. The number of allylic oxidation sites excluding steroid dienone is 1. The maximum atomic E-state index is 5.21. The second-order valence-corrected chi connectivity index (χ2v) is 9.00. The lowest BCUT2D eigenvalue weighted by molar-refractivity contribution is 0.780. The Balaban J connectivity index is 1.28. The molecule has 3 unspecified atom stereocenters. The van der Waals surface area contributed by atoms with Crippen LogP contribution in [0.15, 0.2) is 100 Å². The van der Waals surface area contributed by atoms with Crippen molar-refractivity contribution < 1.29 is 0 Å². The summed E-state index contributed by atoms with van der Waals surface area (Å²) in [5.41, 5.74) is 8.84. The topological polar surface area (TPSA) is 24.7 Å². The molecule has 3 aromatic carbocycles. The quantitative estimate of drug-likeness (QED) is 0.506. The zero-order valence-corrected chi connectivity index (χ0v) is 16.7. The van der Waals surface area contributed by atoms with E-state index in [9.17, 15) is 0 Å². The zero-order valence-electron chi connectivity index (χ0n) is 16.7. The van der Waals surface area contributed by atoms with Crippen molar-refractivity contribution in [2.45, 2.75) is 12.8 Å². The third kappa shape index (κ3) is 2.64. The number of benzene rings is 3. The van der Waals surface area contributed by atoms with Crippen LogP contribution in [-0.4, -0.2) is 11.5 Å². The molecule has 3 aromatic rings. The first kappa shape index (κ1) is 16.5. The van der Waals surface area contributed by atoms with E-state index >= 15 is 0 Å². The molecule has 3 saturated carbocycles. The Morgan fingerprint density at radius 1 is 0.600 bits per heavy atom. The molecule has 0 bridgehead atoms. The molecule has 4 aliphatic rings. The first-order chi connectivity index (χ1) is 14.9. The number of aliphatic imine (C=N–C) groups is 2. The summed E-state index contributed by atoms with van der Waals surface area (Å²) in [7, 11) is 0. The summed E-state index contributed by atoms with van der Waals surface area (Å²) < 4.78 is 0. The van der Waals surface area contributed by atoms with Crippen molar-refractivity contribution in [3.63, 3.8) is 0 Å². The van der Waals surface area contributed by atoms with Crippen molar-refractivity contribution in [3.8, 4) is 11.1 Å². The Morgan fingerprint density at radius 3 is 1.83 bits per heavy atom. The first-order valence-electron chi connectivity index (χ1n) is 11.0. The van der Waals surface area contributed by atoms with E-state index in [2.05, 4.69) is 84.9 Å². The summed E-state index contributed by atoms with van der Waals surface area (Å²) in [4.78, 5) is 10.4. The van der Waals surface area contributed by atoms with Crippen LogP contribution in [-0.2, 0) is 0 Å². The molecule has 2 nitrogen and oxygen atoms in total. The van der Waals surface area contributed by atoms with Gasteiger partial charge in [0.25, 0.3) is 0 Å². The zero-order chi connectivity index (χ0) is 19.7. The fourth-order valence-electron chi connectivity index (χ4n) is 4.98. The van der Waals surface area contributed by atoms with Crippen LogP contribution in [0, 0.1) is 23.7 Å². The van der Waals surface area contributed by atoms with Crippen molar-refractivity contribution in [1.82, 2.24) is 0 Å². The maximum Gasteiger partial charge on any atom is 0.132 e. The lowest BCUT2D eigenvalue weighted by Gasteiger charge is -2.09. The van der Waals surface area contributed by atoms with Gasteiger partial charge in [-0.2, -0.15) is 0 Å². The van der Waals surface area contributed by atoms with E-state index in [4.69, 9.17) is 9.98 Å². The Labute approximate surface area is 176 Å². The standard InChI is InChI=1S/C28H22N2/c1-3-7-17(8-4-1)18-11-13-20(14-12-18)27-24-16-23(24)26(19-9-5-2-6-10-19)29-28(30-27)25-21-15-22(21)25/h1-14,21-22,24-25H,15-16H2. The normalized spacial score (nSPS) is 28.0. The van der Waals surface area contributed by atoms with E-state index < -0.39 is 0 Å². The summed E-state index contributed by atoms with van der Waals surface area (Å²) in [5, 5.41) is 0. The average Bonchev–Trinajstić information content (AvgIpc) is 3.66. The van der Waals surface area contributed by atoms with Gasteiger partial charge in [0.05, 0.1) is 11.4 Å². The molecule has 1 heterocycles. The van der Waals surface area contributed by atoms with Gasteiger partial charge in [-0.15, -0.1) is 0 Å². The lowest BCUT2D eigenvalue weighted by Crippen LogP contribution is -2.11. The van der Waals surface area contributed by atoms with Crippen LogP contribution in [0.5, 0.6) is 0 Å². The summed E-state index contributed by atoms with van der Waals surface area (Å²) in [6.07, 6.45) is 2.46. The fraction of sp³-hybridized carbons (Fsp3) is 0.214. The molecule has 30 heavy (non-hydrogen) atoms. The van der Waals surface area contributed by atoms with Gasteiger partial charge in [0.15, 0.2) is 0 Å². The minimum Gasteiger partial charge on any atom is -0.236 e. The lowest BCUT2D eigenvalue weighted by atomic mass is 10.00. The van der Waals surface area contributed by atoms with E-state index in [1.54, 1.807) is 0 Å². The van der Waals surface area contributed by atoms with Gasteiger partial charge in [-0.3, -0.25) is 0 Å². The molecular weight excluding hydrogens is 364 g/mol. The van der Waals surface area contributed by atoms with Gasteiger partial charge in [-0.1, -0.05) is 84.9 Å². The number of nitrogens with zero attached hydrogens (tertiary/aromatic N) is 2. The van der Waals surface area contributed by atoms with Gasteiger partial charge in [0.1, 0.15) is 5.84 Å². The van der Waals surface area contributed by atoms with Crippen LogP contribution in [0.2, 0.25) is 0 Å². The number of amidine groups is 1. The molecular formula is C28H22N2. The van der Waals surface area contributed by atoms with Crippen molar-refractivity contribution >= 4 is 17.2 Å². The van der Waals surface area contributed by atoms with Crippen LogP contribution in [0.1, 0.15) is 24.0 Å². The van der Waals surface area contributed by atoms with Crippen LogP contribution >= 0.6 is 0 Å². The van der Waals surface area contributed by atoms with Gasteiger partial charge < -0.3 is 0 Å². The molecule has 0 saturated heterocycles. The highest BCUT2D eigenvalue weighted by molar-refractivity contribution is 6.16. The van der Waals surface area contributed by atoms with Crippen molar-refractivity contribution in [1.29, 1.82) is 0 Å². The summed E-state index contributed by atoms with van der Waals surface area (Å²) in [6.45, 7) is 0. The summed E-state index contributed by atoms with van der Waals surface area (Å²) in [6, 6.07) is 30.2. The van der Waals surface area contributed by atoms with E-state index in [1.165, 1.54) is 45.7 Å². The van der Waals surface area contributed by atoms with E-state index in [1.807, 2.05) is 0 Å². The molecule has 2 heteroatoms. The minimum absolute atomic E-state index is 0.416. The molecule has 7 rings (SSSR count). The summed E-state index contributed by atoms with van der Waals surface area (Å²) >= 11 is 0. The predicted octanol–water partition coefficient (Wildman–Crippen LogP) is 6.25. The largest absolute Gasteiger partial charge is 0.236 e. The number of rotatable bonds is 4. The van der Waals surface area contributed by atoms with Gasteiger partial charge in [0.2, 0.25) is 0 Å². The SMILES string of the molecule is c1ccc(C2=C3CC3C(c3ccc(-c4ccccc4)cc3)=NC(C3C4CC43)=N2)cc1. The Bertz CT molecular complexity index is 1220. The summed E-state index contributed by atoms with van der Waals surface area (Å²) in [5.74, 6) is 3.80. The molecule has 0 amide bonds. The van der Waals surface area contributed by atoms with Gasteiger partial charge in [0, 0.05) is 17.4 Å². The van der Waals surface area contributed by atoms with Crippen LogP contribution in [0.25, 0.3) is 16.8 Å². The van der Waals surface area contributed by atoms with Crippen LogP contribution < -0.4 is 0 Å². The van der Waals surface area contributed by atoms with E-state index in [0.29, 0.717) is 11.8 Å². The van der Waals surface area contributed by atoms with Crippen LogP contribution in [0.3, 0.4) is 0 Å². The van der Waals surface area contributed by atoms with Gasteiger partial charge in [-0.25, -0.2) is 9.98 Å². The number of hydrogen-bond donors (Lipinski definition) is 0. The predicted molar refractivity (Wildman–Crippen MR) is 122 cm³/mol. The maximum absolute atomic E-state index is 5.21. The smallest absolute Gasteiger partial charge is 0.132 e. The third-order valence-electron chi connectivity index (χ3n) is 7.09. The first-order valence-corrected chi connectivity index (χ1v) is 11.0. The second-order valence-electron chi connectivity index (χ2n) is 9.00. The molecule has 3 fully saturated rings. The fourth-order valence-corrected chi connectivity index (χ4v) is 4.98. The van der Waals surface area contributed by atoms with Crippen molar-refractivity contribution in [3.05, 3.63) is 102 Å². The number of hydrogen-bond acceptors (Lipinski definition) is 2. The Hall–Kier alpha value is -3.26. The molecule has 0 spiro atoms. The third-order valence-corrected chi connectivity index (χ3v) is 7.09. The molecule has 0 aromatic heterocycles. The van der Waals surface area contributed by atoms with Gasteiger partial charge >= 0.3 is 0 Å². The van der Waals surface area contributed by atoms with Crippen molar-refractivity contribution in [2.75, 3.05) is 0 Å². The highest BCUT2D eigenvalue weighted by atomic mass is 15.0. The Morgan fingerprint density at radius 2 is 1.20 bits per heavy atom. The van der Waals surface area contributed by atoms with Gasteiger partial charge in [-0.05, 0) is 46.9 Å². The molecule has 3 atom stereocenters. The molecule has 1 aliphatic heterocycles. The number of fused-ring (bicyclic) bond motifs is 2. The second kappa shape index (κ2) is 6.12. The Kier molecular flexibility index (Phi) is 3.37. The molecule has 144 valence electrons. The molecule has 3 aliphatic carbocycles. The van der Waals surface area contributed by atoms with E-state index in [0.717, 1.165) is 24.1 Å². The van der Waals surface area contributed by atoms with E-state index in [-0.39, 0.29) is 0 Å². The van der Waals surface area contributed by atoms with Crippen molar-refractivity contribution in [2.24, 2.45) is 33.7 Å². The minimum atomic E-state index is 0.416. The monoisotopic (exact) mass is 386 g/mol. The highest BCUT2D eigenvalue weighted by Gasteiger charge is 2.66.